The van der Waals surface area contributed by atoms with Crippen LogP contribution in [0.15, 0.2) is 41.6 Å². The highest BCUT2D eigenvalue weighted by Crippen LogP contribution is 2.23. The van der Waals surface area contributed by atoms with Gasteiger partial charge in [0.25, 0.3) is 5.91 Å². The minimum Gasteiger partial charge on any atom is -0.491 e. The van der Waals surface area contributed by atoms with Crippen LogP contribution in [0.25, 0.3) is 10.9 Å². The lowest BCUT2D eigenvalue weighted by Gasteiger charge is -2.27. The van der Waals surface area contributed by atoms with Gasteiger partial charge in [-0.2, -0.15) is 5.10 Å². The molecule has 31 heavy (non-hydrogen) atoms. The highest BCUT2D eigenvalue weighted by atomic mass is 32.2. The average Bonchev–Trinajstić information content (AvgIpc) is 3.13. The minimum atomic E-state index is -3.15. The molecular weight excluding hydrogens is 420 g/mol. The highest BCUT2D eigenvalue weighted by molar-refractivity contribution is 7.91. The number of pyridine rings is 1. The first-order valence-corrected chi connectivity index (χ1v) is 12.1. The molecule has 10 heteroatoms. The van der Waals surface area contributed by atoms with E-state index in [1.165, 1.54) is 5.01 Å². The van der Waals surface area contributed by atoms with Crippen molar-refractivity contribution >= 4 is 38.3 Å². The third-order valence-corrected chi connectivity index (χ3v) is 7.09. The predicted molar refractivity (Wildman–Crippen MR) is 115 cm³/mol. The monoisotopic (exact) mass is 444 g/mol. The summed E-state index contributed by atoms with van der Waals surface area (Å²) in [5.41, 5.74) is 1.05. The zero-order valence-electron chi connectivity index (χ0n) is 17.0. The number of carbonyl (C=O) groups excluding carboxylic acids is 2. The maximum atomic E-state index is 12.5. The van der Waals surface area contributed by atoms with Crippen molar-refractivity contribution in [1.82, 2.24) is 15.3 Å². The molecule has 0 radical (unpaired) electrons. The van der Waals surface area contributed by atoms with Crippen LogP contribution in [0, 0.1) is 0 Å². The molecule has 2 aliphatic rings. The molecule has 0 saturated carbocycles. The summed E-state index contributed by atoms with van der Waals surface area (Å²) in [6, 6.07) is 9.09. The van der Waals surface area contributed by atoms with E-state index in [1.54, 1.807) is 6.20 Å². The Morgan fingerprint density at radius 2 is 2.06 bits per heavy atom. The normalized spacial score (nSPS) is 20.5. The van der Waals surface area contributed by atoms with Gasteiger partial charge < -0.3 is 10.1 Å². The van der Waals surface area contributed by atoms with E-state index in [0.29, 0.717) is 31.7 Å². The lowest BCUT2D eigenvalue weighted by Crippen LogP contribution is -2.44. The number of para-hydroxylation sites is 1. The van der Waals surface area contributed by atoms with Gasteiger partial charge in [0.05, 0.1) is 24.2 Å². The summed E-state index contributed by atoms with van der Waals surface area (Å²) in [5.74, 6) is 0.0602. The van der Waals surface area contributed by atoms with Crippen molar-refractivity contribution in [3.8, 4) is 5.75 Å². The topological polar surface area (TPSA) is 118 Å². The average molecular weight is 445 g/mol. The van der Waals surface area contributed by atoms with E-state index >= 15 is 0 Å². The molecule has 1 aromatic carbocycles. The fraction of sp³-hybridized carbons (Fsp3) is 0.429. The zero-order chi connectivity index (χ0) is 21.8. The summed E-state index contributed by atoms with van der Waals surface area (Å²) in [6.45, 7) is 0.800. The van der Waals surface area contributed by atoms with Crippen LogP contribution >= 0.6 is 0 Å². The Labute approximate surface area is 180 Å². The van der Waals surface area contributed by atoms with Gasteiger partial charge in [0.1, 0.15) is 17.0 Å². The molecule has 1 atom stereocenters. The lowest BCUT2D eigenvalue weighted by atomic mass is 10.1. The Morgan fingerprint density at radius 1 is 1.23 bits per heavy atom. The first-order chi connectivity index (χ1) is 14.9. The second-order valence-corrected chi connectivity index (χ2v) is 9.86. The number of carbonyl (C=O) groups is 2. The fourth-order valence-electron chi connectivity index (χ4n) is 3.74. The van der Waals surface area contributed by atoms with Crippen molar-refractivity contribution in [1.29, 1.82) is 0 Å². The van der Waals surface area contributed by atoms with Crippen LogP contribution < -0.4 is 10.1 Å². The van der Waals surface area contributed by atoms with Crippen molar-refractivity contribution in [3.05, 3.63) is 36.5 Å². The summed E-state index contributed by atoms with van der Waals surface area (Å²) < 4.78 is 29.2. The Balaban J connectivity index is 1.27. The number of ether oxygens (including phenoxy) is 1. The molecule has 2 aliphatic heterocycles. The molecule has 0 aliphatic carbocycles. The number of hydrogen-bond donors (Lipinski definition) is 1. The van der Waals surface area contributed by atoms with Gasteiger partial charge in [-0.1, -0.05) is 18.2 Å². The molecule has 0 bridgehead atoms. The van der Waals surface area contributed by atoms with Crippen LogP contribution in [0.4, 0.5) is 0 Å². The Hall–Kier alpha value is -3.01. The first-order valence-electron chi connectivity index (χ1n) is 10.3. The Bertz CT molecular complexity index is 1130. The van der Waals surface area contributed by atoms with E-state index in [0.717, 1.165) is 10.9 Å². The van der Waals surface area contributed by atoms with Gasteiger partial charge in [-0.25, -0.2) is 13.4 Å². The molecule has 2 amide bonds. The van der Waals surface area contributed by atoms with Crippen LogP contribution in [-0.4, -0.2) is 66.6 Å². The third-order valence-electron chi connectivity index (χ3n) is 5.34. The molecule has 1 unspecified atom stereocenters. The molecule has 4 rings (SSSR count). The van der Waals surface area contributed by atoms with Gasteiger partial charge in [0, 0.05) is 31.0 Å². The highest BCUT2D eigenvalue weighted by Gasteiger charge is 2.37. The molecule has 1 saturated heterocycles. The van der Waals surface area contributed by atoms with E-state index in [-0.39, 0.29) is 41.9 Å². The molecule has 1 fully saturated rings. The maximum Gasteiger partial charge on any atom is 0.267 e. The number of nitrogens with one attached hydrogen (secondary N) is 1. The fourth-order valence-corrected chi connectivity index (χ4v) is 5.43. The van der Waals surface area contributed by atoms with E-state index < -0.39 is 15.9 Å². The number of amides is 2. The van der Waals surface area contributed by atoms with Crippen LogP contribution in [0.2, 0.25) is 0 Å². The van der Waals surface area contributed by atoms with E-state index in [1.807, 2.05) is 30.3 Å². The third kappa shape index (κ3) is 5.01. The van der Waals surface area contributed by atoms with Crippen molar-refractivity contribution in [2.45, 2.75) is 31.7 Å². The number of hydrogen-bond acceptors (Lipinski definition) is 7. The molecule has 9 nitrogen and oxygen atoms in total. The van der Waals surface area contributed by atoms with E-state index in [9.17, 15) is 18.0 Å². The lowest BCUT2D eigenvalue weighted by molar-refractivity contribution is -0.133. The summed E-state index contributed by atoms with van der Waals surface area (Å²) in [4.78, 5) is 29.0. The van der Waals surface area contributed by atoms with E-state index in [2.05, 4.69) is 15.4 Å². The van der Waals surface area contributed by atoms with Gasteiger partial charge in [-0.05, 0) is 25.0 Å². The van der Waals surface area contributed by atoms with Crippen LogP contribution in [0.5, 0.6) is 5.75 Å². The number of sulfone groups is 1. The van der Waals surface area contributed by atoms with Crippen molar-refractivity contribution in [2.75, 3.05) is 24.7 Å². The molecule has 1 aromatic heterocycles. The van der Waals surface area contributed by atoms with Crippen molar-refractivity contribution < 1.29 is 22.7 Å². The number of benzene rings is 1. The molecule has 164 valence electrons. The smallest absolute Gasteiger partial charge is 0.267 e. The number of rotatable bonds is 7. The second kappa shape index (κ2) is 9.01. The van der Waals surface area contributed by atoms with Crippen LogP contribution in [-0.2, 0) is 19.4 Å². The Kier molecular flexibility index (Phi) is 6.17. The summed E-state index contributed by atoms with van der Waals surface area (Å²) in [5, 5.41) is 9.16. The van der Waals surface area contributed by atoms with Crippen molar-refractivity contribution in [3.63, 3.8) is 0 Å². The van der Waals surface area contributed by atoms with Gasteiger partial charge in [0.15, 0.2) is 9.84 Å². The number of hydrazone groups is 1. The van der Waals surface area contributed by atoms with Gasteiger partial charge in [-0.3, -0.25) is 14.6 Å². The molecular formula is C21H24N4O5S. The Morgan fingerprint density at radius 3 is 2.87 bits per heavy atom. The predicted octanol–water partition coefficient (Wildman–Crippen LogP) is 1.29. The summed E-state index contributed by atoms with van der Waals surface area (Å²) >= 11 is 0. The standard InChI is InChI=1S/C21H24N4O5S/c26-19-8-7-17(24-25(19)16-9-13-31(28,29)14-16)21(27)23-11-3-12-30-18-6-1-4-15-5-2-10-22-20(15)18/h1-2,4-6,10,16H,3,7-9,11-14H2,(H,23,27). The number of nitrogens with zero attached hydrogens (tertiary/aromatic N) is 3. The number of fused-ring (bicyclic) bond motifs is 1. The van der Waals surface area contributed by atoms with Gasteiger partial charge in [-0.15, -0.1) is 0 Å². The van der Waals surface area contributed by atoms with Crippen LogP contribution in [0.1, 0.15) is 25.7 Å². The van der Waals surface area contributed by atoms with Gasteiger partial charge >= 0.3 is 0 Å². The minimum absolute atomic E-state index is 0.0463. The molecule has 1 N–H and O–H groups in total. The molecule has 3 heterocycles. The second-order valence-electron chi connectivity index (χ2n) is 7.63. The molecule has 0 spiro atoms. The maximum absolute atomic E-state index is 12.5. The molecule has 2 aromatic rings. The van der Waals surface area contributed by atoms with Crippen molar-refractivity contribution in [2.24, 2.45) is 5.10 Å². The van der Waals surface area contributed by atoms with Gasteiger partial charge in [0.2, 0.25) is 5.91 Å². The largest absolute Gasteiger partial charge is 0.491 e. The SMILES string of the molecule is O=C(NCCCOc1cccc2cccnc12)C1=NN(C2CCS(=O)(=O)C2)C(=O)CC1. The van der Waals surface area contributed by atoms with Crippen LogP contribution in [0.3, 0.4) is 0 Å². The zero-order valence-corrected chi connectivity index (χ0v) is 17.8. The number of aromatic nitrogens is 1. The summed E-state index contributed by atoms with van der Waals surface area (Å²) in [7, 11) is -3.15. The quantitative estimate of drug-likeness (QED) is 0.643. The van der Waals surface area contributed by atoms with E-state index in [4.69, 9.17) is 4.74 Å². The first kappa shape index (κ1) is 21.2. The summed E-state index contributed by atoms with van der Waals surface area (Å²) in [6.07, 6.45) is 3.06.